The Morgan fingerprint density at radius 3 is 1.82 bits per heavy atom. The Labute approximate surface area is 225 Å². The highest BCUT2D eigenvalue weighted by molar-refractivity contribution is 5.83. The number of piperidine rings is 2. The molecule has 2 aliphatic carbocycles. The van der Waals surface area contributed by atoms with Gasteiger partial charge < -0.3 is 18.9 Å². The molecule has 10 nitrogen and oxygen atoms in total. The van der Waals surface area contributed by atoms with Crippen molar-refractivity contribution < 1.29 is 38.1 Å². The Morgan fingerprint density at radius 2 is 1.29 bits per heavy atom. The number of carbonyl (C=O) groups is 4. The molecule has 10 heteroatoms. The number of hydrogen-bond donors (Lipinski definition) is 0. The molecule has 4 aliphatic rings. The van der Waals surface area contributed by atoms with Crippen LogP contribution < -0.4 is 0 Å². The summed E-state index contributed by atoms with van der Waals surface area (Å²) in [6.45, 7) is 11.0. The van der Waals surface area contributed by atoms with E-state index in [0.717, 1.165) is 32.1 Å². The Morgan fingerprint density at radius 1 is 0.737 bits per heavy atom. The summed E-state index contributed by atoms with van der Waals surface area (Å²) in [4.78, 5) is 55.4. The number of likely N-dealkylation sites (tertiary alicyclic amines) is 2. The molecule has 2 saturated heterocycles. The van der Waals surface area contributed by atoms with E-state index >= 15 is 0 Å². The lowest BCUT2D eigenvalue weighted by Crippen LogP contribution is -2.59. The first-order valence-corrected chi connectivity index (χ1v) is 13.8. The third-order valence-electron chi connectivity index (χ3n) is 8.22. The van der Waals surface area contributed by atoms with Gasteiger partial charge in [0.15, 0.2) is 0 Å². The minimum Gasteiger partial charge on any atom is -0.467 e. The smallest absolute Gasteiger partial charge is 0.411 e. The van der Waals surface area contributed by atoms with E-state index in [4.69, 9.17) is 18.9 Å². The first kappa shape index (κ1) is 28.5. The molecule has 2 heterocycles. The summed E-state index contributed by atoms with van der Waals surface area (Å²) in [6.07, 6.45) is 5.32. The zero-order chi connectivity index (χ0) is 28.1. The molecule has 2 aliphatic heterocycles. The molecule has 2 spiro atoms. The minimum absolute atomic E-state index is 0.0695. The van der Waals surface area contributed by atoms with Gasteiger partial charge in [-0.1, -0.05) is 0 Å². The van der Waals surface area contributed by atoms with E-state index < -0.39 is 53.5 Å². The first-order valence-electron chi connectivity index (χ1n) is 13.8. The van der Waals surface area contributed by atoms with Crippen LogP contribution in [0, 0.1) is 10.8 Å². The minimum atomic E-state index is -0.808. The summed E-state index contributed by atoms with van der Waals surface area (Å²) in [5.41, 5.74) is -1.43. The number of esters is 2. The van der Waals surface area contributed by atoms with E-state index in [-0.39, 0.29) is 17.4 Å². The lowest BCUT2D eigenvalue weighted by molar-refractivity contribution is -0.158. The molecule has 0 aromatic carbocycles. The zero-order valence-corrected chi connectivity index (χ0v) is 24.0. The van der Waals surface area contributed by atoms with Gasteiger partial charge in [-0.15, -0.1) is 0 Å². The summed E-state index contributed by atoms with van der Waals surface area (Å²) < 4.78 is 22.1. The van der Waals surface area contributed by atoms with Crippen molar-refractivity contribution in [3.63, 3.8) is 0 Å². The van der Waals surface area contributed by atoms with Gasteiger partial charge in [-0.05, 0) is 104 Å². The molecule has 0 aromatic heterocycles. The summed E-state index contributed by atoms with van der Waals surface area (Å²) in [5, 5.41) is 0. The molecule has 2 saturated carbocycles. The number of ether oxygens (including phenoxy) is 4. The van der Waals surface area contributed by atoms with E-state index in [1.165, 1.54) is 16.9 Å². The van der Waals surface area contributed by atoms with E-state index in [9.17, 15) is 19.2 Å². The third-order valence-corrected chi connectivity index (χ3v) is 8.22. The van der Waals surface area contributed by atoms with Gasteiger partial charge in [-0.2, -0.15) is 0 Å². The van der Waals surface area contributed by atoms with Crippen LogP contribution in [0.25, 0.3) is 0 Å². The predicted molar refractivity (Wildman–Crippen MR) is 137 cm³/mol. The van der Waals surface area contributed by atoms with Crippen molar-refractivity contribution in [1.82, 2.24) is 9.80 Å². The van der Waals surface area contributed by atoms with E-state index in [1.54, 1.807) is 41.5 Å². The third kappa shape index (κ3) is 6.54. The molecule has 38 heavy (non-hydrogen) atoms. The molecule has 2 amide bonds. The van der Waals surface area contributed by atoms with Crippen LogP contribution in [0.5, 0.6) is 0 Å². The van der Waals surface area contributed by atoms with Crippen LogP contribution in [0.3, 0.4) is 0 Å². The molecule has 4 fully saturated rings. The van der Waals surface area contributed by atoms with E-state index in [1.807, 2.05) is 0 Å². The van der Waals surface area contributed by atoms with Crippen molar-refractivity contribution in [3.8, 4) is 0 Å². The van der Waals surface area contributed by atoms with Crippen LogP contribution in [0.1, 0.15) is 92.9 Å². The molecule has 0 bridgehead atoms. The van der Waals surface area contributed by atoms with Crippen LogP contribution in [-0.4, -0.2) is 83.5 Å². The number of nitrogens with zero attached hydrogens (tertiary/aromatic N) is 2. The molecule has 0 radical (unpaired) electrons. The molecule has 214 valence electrons. The topological polar surface area (TPSA) is 112 Å². The van der Waals surface area contributed by atoms with Crippen LogP contribution >= 0.6 is 0 Å². The molecule has 1 unspecified atom stereocenters. The standard InChI is InChI=1S/C28H44N2O8/c1-25(2,3)37-23(33)29-13-12-27(8-9-27)15-19(29)22(32)36-17-18-14-28(10-11-28)16-20(21(31)35-7)30(18)24(34)38-26(4,5)6/h18-20H,8-17H2,1-7H3/t18?,19-,20-/m1/s1. The fourth-order valence-electron chi connectivity index (χ4n) is 5.88. The lowest BCUT2D eigenvalue weighted by atomic mass is 9.83. The molecule has 0 aromatic rings. The fourth-order valence-corrected chi connectivity index (χ4v) is 5.88. The van der Waals surface area contributed by atoms with Gasteiger partial charge in [0.05, 0.1) is 13.2 Å². The Hall–Kier alpha value is -2.52. The average molecular weight is 537 g/mol. The quantitative estimate of drug-likeness (QED) is 0.383. The summed E-state index contributed by atoms with van der Waals surface area (Å²) >= 11 is 0. The summed E-state index contributed by atoms with van der Waals surface area (Å²) in [5.74, 6) is -1.01. The molecule has 3 atom stereocenters. The Bertz CT molecular complexity index is 957. The highest BCUT2D eigenvalue weighted by atomic mass is 16.6. The van der Waals surface area contributed by atoms with Gasteiger partial charge in [0, 0.05) is 6.54 Å². The van der Waals surface area contributed by atoms with Gasteiger partial charge in [-0.25, -0.2) is 19.2 Å². The van der Waals surface area contributed by atoms with E-state index in [0.29, 0.717) is 25.8 Å². The SMILES string of the molecule is COC(=O)[C@H]1CC2(CC2)CC(COC(=O)[C@H]2CC3(CCN2C(=O)OC(C)(C)C)CC3)N1C(=O)OC(C)(C)C. The molecule has 4 rings (SSSR count). The van der Waals surface area contributed by atoms with Gasteiger partial charge in [-0.3, -0.25) is 9.80 Å². The maximum atomic E-state index is 13.5. The van der Waals surface area contributed by atoms with Crippen molar-refractivity contribution in [3.05, 3.63) is 0 Å². The van der Waals surface area contributed by atoms with Crippen LogP contribution in [0.2, 0.25) is 0 Å². The highest BCUT2D eigenvalue weighted by Crippen LogP contribution is 2.57. The van der Waals surface area contributed by atoms with Crippen LogP contribution in [-0.2, 0) is 28.5 Å². The second-order valence-corrected chi connectivity index (χ2v) is 13.8. The summed E-state index contributed by atoms with van der Waals surface area (Å²) in [6, 6.07) is -2.09. The molecular formula is C28H44N2O8. The Balaban J connectivity index is 1.51. The zero-order valence-electron chi connectivity index (χ0n) is 24.0. The monoisotopic (exact) mass is 536 g/mol. The van der Waals surface area contributed by atoms with Crippen LogP contribution in [0.15, 0.2) is 0 Å². The molecule has 0 N–H and O–H groups in total. The van der Waals surface area contributed by atoms with Gasteiger partial charge in [0.2, 0.25) is 0 Å². The molecular weight excluding hydrogens is 492 g/mol. The summed E-state index contributed by atoms with van der Waals surface area (Å²) in [7, 11) is 1.31. The first-order chi connectivity index (χ1) is 17.6. The lowest BCUT2D eigenvalue weighted by Gasteiger charge is -2.44. The maximum absolute atomic E-state index is 13.5. The number of rotatable bonds is 4. The number of hydrogen-bond acceptors (Lipinski definition) is 8. The predicted octanol–water partition coefficient (Wildman–Crippen LogP) is 4.43. The average Bonchev–Trinajstić information content (AvgIpc) is 3.73. The van der Waals surface area contributed by atoms with Crippen LogP contribution in [0.4, 0.5) is 9.59 Å². The second kappa shape index (κ2) is 9.90. The van der Waals surface area contributed by atoms with Crippen molar-refractivity contribution in [2.75, 3.05) is 20.3 Å². The largest absolute Gasteiger partial charge is 0.467 e. The highest BCUT2D eigenvalue weighted by Gasteiger charge is 2.56. The van der Waals surface area contributed by atoms with Gasteiger partial charge in [0.1, 0.15) is 29.9 Å². The van der Waals surface area contributed by atoms with Crippen molar-refractivity contribution >= 4 is 24.1 Å². The van der Waals surface area contributed by atoms with Gasteiger partial charge >= 0.3 is 24.1 Å². The number of methoxy groups -OCH3 is 1. The second-order valence-electron chi connectivity index (χ2n) is 13.8. The van der Waals surface area contributed by atoms with Crippen molar-refractivity contribution in [1.29, 1.82) is 0 Å². The van der Waals surface area contributed by atoms with Crippen molar-refractivity contribution in [2.24, 2.45) is 10.8 Å². The maximum Gasteiger partial charge on any atom is 0.411 e. The van der Waals surface area contributed by atoms with Crippen molar-refractivity contribution in [2.45, 2.75) is 122 Å². The van der Waals surface area contributed by atoms with E-state index in [2.05, 4.69) is 0 Å². The Kier molecular flexibility index (Phi) is 7.42. The number of amides is 2. The fraction of sp³-hybridized carbons (Fsp3) is 0.857. The van der Waals surface area contributed by atoms with Gasteiger partial charge in [0.25, 0.3) is 0 Å². The normalized spacial score (nSPS) is 27.5. The number of carbonyl (C=O) groups excluding carboxylic acids is 4.